The first-order valence-electron chi connectivity index (χ1n) is 6.87. The maximum atomic E-state index is 9.04. The van der Waals surface area contributed by atoms with Gasteiger partial charge in [-0.25, -0.2) is 0 Å². The van der Waals surface area contributed by atoms with Crippen molar-refractivity contribution in [3.63, 3.8) is 0 Å². The molecular weight excluding hydrogens is 242 g/mol. The van der Waals surface area contributed by atoms with Gasteiger partial charge < -0.3 is 10.4 Å². The molecule has 0 aromatic heterocycles. The molecule has 98 valence electrons. The fourth-order valence-corrected chi connectivity index (χ4v) is 4.08. The number of rotatable bonds is 6. The largest absolute Gasteiger partial charge is 0.396 e. The Morgan fingerprint density at radius 1 is 1.33 bits per heavy atom. The first kappa shape index (κ1) is 12.5. The second-order valence-corrected chi connectivity index (χ2v) is 7.00. The van der Waals surface area contributed by atoms with Crippen molar-refractivity contribution in [1.29, 1.82) is 0 Å². The fraction of sp³-hybridized carbons (Fsp3) is 0.600. The minimum Gasteiger partial charge on any atom is -0.396 e. The number of aliphatic hydroxyl groups is 1. The quantitative estimate of drug-likeness (QED) is 0.827. The summed E-state index contributed by atoms with van der Waals surface area (Å²) in [4.78, 5) is 1.46. The van der Waals surface area contributed by atoms with E-state index in [0.29, 0.717) is 17.3 Å². The van der Waals surface area contributed by atoms with Crippen LogP contribution in [0, 0.1) is 5.41 Å². The lowest BCUT2D eigenvalue weighted by Crippen LogP contribution is -2.30. The van der Waals surface area contributed by atoms with E-state index < -0.39 is 0 Å². The third-order valence-electron chi connectivity index (χ3n) is 4.19. The third kappa shape index (κ3) is 2.73. The van der Waals surface area contributed by atoms with E-state index >= 15 is 0 Å². The van der Waals surface area contributed by atoms with Crippen molar-refractivity contribution in [3.05, 3.63) is 29.8 Å². The molecule has 3 heteroatoms. The zero-order valence-corrected chi connectivity index (χ0v) is 11.5. The van der Waals surface area contributed by atoms with E-state index in [1.807, 2.05) is 11.8 Å². The molecule has 0 radical (unpaired) electrons. The highest BCUT2D eigenvalue weighted by Crippen LogP contribution is 2.48. The molecule has 1 aliphatic carbocycles. The van der Waals surface area contributed by atoms with Crippen LogP contribution in [-0.4, -0.2) is 30.1 Å². The van der Waals surface area contributed by atoms with Crippen LogP contribution in [0.5, 0.6) is 0 Å². The average molecular weight is 263 g/mol. The summed E-state index contributed by atoms with van der Waals surface area (Å²) in [6.45, 7) is 2.51. The van der Waals surface area contributed by atoms with Crippen molar-refractivity contribution < 1.29 is 5.11 Å². The Hall–Kier alpha value is -0.510. The third-order valence-corrected chi connectivity index (χ3v) is 5.50. The van der Waals surface area contributed by atoms with Gasteiger partial charge in [-0.05, 0) is 42.7 Å². The van der Waals surface area contributed by atoms with Gasteiger partial charge in [-0.15, -0.1) is 11.8 Å². The maximum absolute atomic E-state index is 9.04. The van der Waals surface area contributed by atoms with Crippen molar-refractivity contribution in [2.75, 3.05) is 19.7 Å². The molecule has 0 amide bonds. The molecule has 0 bridgehead atoms. The average Bonchev–Trinajstić information content (AvgIpc) is 3.01. The first-order valence-corrected chi connectivity index (χ1v) is 7.75. The summed E-state index contributed by atoms with van der Waals surface area (Å²) < 4.78 is 0. The highest BCUT2D eigenvalue weighted by atomic mass is 32.2. The molecule has 0 spiro atoms. The molecule has 2 N–H and O–H groups in total. The van der Waals surface area contributed by atoms with Crippen LogP contribution in [0.3, 0.4) is 0 Å². The fourth-order valence-electron chi connectivity index (χ4n) is 2.80. The lowest BCUT2D eigenvalue weighted by Gasteiger charge is -2.16. The summed E-state index contributed by atoms with van der Waals surface area (Å²) >= 11 is 2.01. The van der Waals surface area contributed by atoms with Crippen molar-refractivity contribution in [1.82, 2.24) is 5.32 Å². The molecule has 0 saturated heterocycles. The topological polar surface area (TPSA) is 32.3 Å². The van der Waals surface area contributed by atoms with E-state index in [4.69, 9.17) is 5.11 Å². The van der Waals surface area contributed by atoms with Crippen molar-refractivity contribution >= 4 is 11.8 Å². The van der Waals surface area contributed by atoms with E-state index in [1.54, 1.807) is 0 Å². The predicted octanol–water partition coefficient (Wildman–Crippen LogP) is 2.46. The van der Waals surface area contributed by atoms with Crippen LogP contribution in [0.15, 0.2) is 29.2 Å². The van der Waals surface area contributed by atoms with Crippen LogP contribution in [0.4, 0.5) is 0 Å². The smallest absolute Gasteiger partial charge is 0.0436 e. The van der Waals surface area contributed by atoms with Gasteiger partial charge in [0.1, 0.15) is 0 Å². The second-order valence-electron chi connectivity index (χ2n) is 5.66. The maximum Gasteiger partial charge on any atom is 0.0436 e. The van der Waals surface area contributed by atoms with Gasteiger partial charge in [-0.3, -0.25) is 0 Å². The Morgan fingerprint density at radius 2 is 2.17 bits per heavy atom. The summed E-state index contributed by atoms with van der Waals surface area (Å²) in [6, 6.07) is 8.74. The van der Waals surface area contributed by atoms with Crippen LogP contribution < -0.4 is 5.32 Å². The van der Waals surface area contributed by atoms with Crippen LogP contribution >= 0.6 is 11.8 Å². The number of aliphatic hydroxyl groups excluding tert-OH is 1. The van der Waals surface area contributed by atoms with E-state index in [1.165, 1.54) is 29.7 Å². The lowest BCUT2D eigenvalue weighted by atomic mass is 10.0. The van der Waals surface area contributed by atoms with Gasteiger partial charge in [0.05, 0.1) is 0 Å². The van der Waals surface area contributed by atoms with Crippen LogP contribution in [0.25, 0.3) is 0 Å². The Morgan fingerprint density at radius 3 is 2.89 bits per heavy atom. The number of benzene rings is 1. The summed E-state index contributed by atoms with van der Waals surface area (Å²) in [5.74, 6) is 0. The SMILES string of the molecule is OCCC1(CNCC2Cc3ccccc3S2)CC1. The Bertz CT molecular complexity index is 392. The molecule has 1 unspecified atom stereocenters. The van der Waals surface area contributed by atoms with Gasteiger partial charge in [0.2, 0.25) is 0 Å². The van der Waals surface area contributed by atoms with Gasteiger partial charge >= 0.3 is 0 Å². The number of hydrogen-bond acceptors (Lipinski definition) is 3. The molecule has 1 aromatic carbocycles. The van der Waals surface area contributed by atoms with Gasteiger partial charge in [0.25, 0.3) is 0 Å². The molecule has 3 rings (SSSR count). The van der Waals surface area contributed by atoms with Crippen molar-refractivity contribution in [2.45, 2.75) is 35.8 Å². The van der Waals surface area contributed by atoms with Gasteiger partial charge in [-0.1, -0.05) is 18.2 Å². The van der Waals surface area contributed by atoms with E-state index in [0.717, 1.165) is 19.5 Å². The molecule has 1 aliphatic heterocycles. The number of fused-ring (bicyclic) bond motifs is 1. The first-order chi connectivity index (χ1) is 8.81. The minimum atomic E-state index is 0.339. The van der Waals surface area contributed by atoms with E-state index in [2.05, 4.69) is 29.6 Å². The summed E-state index contributed by atoms with van der Waals surface area (Å²) in [6.07, 6.45) is 4.75. The summed E-state index contributed by atoms with van der Waals surface area (Å²) in [5, 5.41) is 13.3. The highest BCUT2D eigenvalue weighted by Gasteiger charge is 2.41. The predicted molar refractivity (Wildman–Crippen MR) is 76.0 cm³/mol. The summed E-state index contributed by atoms with van der Waals surface area (Å²) in [7, 11) is 0. The standard InChI is InChI=1S/C15H21NOS/c17-8-7-15(5-6-15)11-16-10-13-9-12-3-1-2-4-14(12)18-13/h1-4,13,16-17H,5-11H2. The van der Waals surface area contributed by atoms with Gasteiger partial charge in [0.15, 0.2) is 0 Å². The highest BCUT2D eigenvalue weighted by molar-refractivity contribution is 8.00. The molecule has 18 heavy (non-hydrogen) atoms. The normalized spacial score (nSPS) is 23.9. The molecule has 1 fully saturated rings. The van der Waals surface area contributed by atoms with Crippen LogP contribution in [0.1, 0.15) is 24.8 Å². The molecule has 1 saturated carbocycles. The van der Waals surface area contributed by atoms with E-state index in [-0.39, 0.29) is 0 Å². The van der Waals surface area contributed by atoms with Gasteiger partial charge in [-0.2, -0.15) is 0 Å². The molecule has 1 aromatic rings. The Balaban J connectivity index is 1.44. The van der Waals surface area contributed by atoms with Gasteiger partial charge in [0, 0.05) is 29.8 Å². The van der Waals surface area contributed by atoms with E-state index in [9.17, 15) is 0 Å². The zero-order valence-electron chi connectivity index (χ0n) is 10.7. The van der Waals surface area contributed by atoms with Crippen molar-refractivity contribution in [3.8, 4) is 0 Å². The minimum absolute atomic E-state index is 0.339. The Labute approximate surface area is 113 Å². The second kappa shape index (κ2) is 5.24. The molecular formula is C15H21NOS. The number of hydrogen-bond donors (Lipinski definition) is 2. The van der Waals surface area contributed by atoms with Crippen molar-refractivity contribution in [2.24, 2.45) is 5.41 Å². The lowest BCUT2D eigenvalue weighted by molar-refractivity contribution is 0.245. The Kier molecular flexibility index (Phi) is 3.64. The van der Waals surface area contributed by atoms with Crippen LogP contribution in [0.2, 0.25) is 0 Å². The zero-order chi connectivity index (χ0) is 12.4. The number of nitrogens with one attached hydrogen (secondary N) is 1. The molecule has 2 aliphatic rings. The molecule has 1 atom stereocenters. The summed E-state index contributed by atoms with van der Waals surface area (Å²) in [5.41, 5.74) is 1.94. The molecule has 1 heterocycles. The monoisotopic (exact) mass is 263 g/mol. The van der Waals surface area contributed by atoms with Crippen LogP contribution in [-0.2, 0) is 6.42 Å². The number of thioether (sulfide) groups is 1. The molecule has 2 nitrogen and oxygen atoms in total.